The summed E-state index contributed by atoms with van der Waals surface area (Å²) in [6.45, 7) is 7.07. The van der Waals surface area contributed by atoms with E-state index >= 15 is 0 Å². The van der Waals surface area contributed by atoms with Crippen molar-refractivity contribution in [3.8, 4) is 39.2 Å². The molecule has 2 saturated heterocycles. The number of hydrogen-bond donors (Lipinski definition) is 2. The molecule has 1 atom stereocenters. The minimum absolute atomic E-state index is 0.125. The Labute approximate surface area is 330 Å². The lowest BCUT2D eigenvalue weighted by atomic mass is 10.0. The number of fused-ring (bicyclic) bond motifs is 2. The van der Waals surface area contributed by atoms with E-state index in [4.69, 9.17) is 14.2 Å². The molecule has 1 unspecified atom stereocenters. The third-order valence-corrected chi connectivity index (χ3v) is 12.1. The smallest absolute Gasteiger partial charge is 0.255 e. The number of carbonyl (C=O) groups excluding carboxylic acids is 3. The molecule has 11 nitrogen and oxygen atoms in total. The minimum atomic E-state index is -0.582. The van der Waals surface area contributed by atoms with Crippen molar-refractivity contribution in [2.24, 2.45) is 0 Å². The summed E-state index contributed by atoms with van der Waals surface area (Å²) in [5.74, 6) is 2.49. The molecular formula is C44H46N4O7S. The summed E-state index contributed by atoms with van der Waals surface area (Å²) in [6, 6.07) is 26.4. The van der Waals surface area contributed by atoms with Gasteiger partial charge in [-0.2, -0.15) is 0 Å². The largest absolute Gasteiger partial charge is 0.508 e. The van der Waals surface area contributed by atoms with Gasteiger partial charge in [0.15, 0.2) is 5.75 Å². The van der Waals surface area contributed by atoms with Crippen LogP contribution in [-0.2, 0) is 22.6 Å². The van der Waals surface area contributed by atoms with Crippen LogP contribution in [0.1, 0.15) is 47.2 Å². The lowest BCUT2D eigenvalue weighted by molar-refractivity contribution is -0.136. The van der Waals surface area contributed by atoms with Crippen molar-refractivity contribution < 1.29 is 33.7 Å². The molecular weight excluding hydrogens is 729 g/mol. The van der Waals surface area contributed by atoms with Gasteiger partial charge in [0.1, 0.15) is 35.6 Å². The van der Waals surface area contributed by atoms with Gasteiger partial charge in [0.2, 0.25) is 11.8 Å². The number of methoxy groups -OCH3 is 1. The third kappa shape index (κ3) is 8.37. The number of benzene rings is 4. The average Bonchev–Trinajstić information content (AvgIpc) is 3.73. The summed E-state index contributed by atoms with van der Waals surface area (Å²) < 4.78 is 18.9. The first-order chi connectivity index (χ1) is 27.3. The van der Waals surface area contributed by atoms with Crippen molar-refractivity contribution in [1.82, 2.24) is 20.0 Å². The van der Waals surface area contributed by atoms with Crippen LogP contribution in [0.15, 0.2) is 84.9 Å². The molecule has 0 radical (unpaired) electrons. The van der Waals surface area contributed by atoms with Crippen LogP contribution in [0.4, 0.5) is 0 Å². The fourth-order valence-electron chi connectivity index (χ4n) is 7.79. The topological polar surface area (TPSA) is 121 Å². The number of aromatic hydroxyl groups is 1. The van der Waals surface area contributed by atoms with E-state index in [2.05, 4.69) is 21.2 Å². The Balaban J connectivity index is 0.753. The number of aryl methyl sites for hydroxylation is 1. The molecule has 3 amide bonds. The molecule has 4 heterocycles. The van der Waals surface area contributed by atoms with Crippen LogP contribution >= 0.6 is 11.3 Å². The SMILES string of the molecule is COc1ccc(-c2sc3cc(O)ccc3c2Oc2ccc(OCCN3CCN(CCCCc4ccc5c(c4)CN(C4CCC(=O)NC4=O)C5=O)CC3)cc2)cc1. The number of rotatable bonds is 14. The zero-order valence-corrected chi connectivity index (χ0v) is 32.3. The van der Waals surface area contributed by atoms with E-state index in [1.54, 1.807) is 35.5 Å². The molecule has 0 saturated carbocycles. The number of ether oxygens (including phenoxy) is 3. The quantitative estimate of drug-likeness (QED) is 0.0922. The molecule has 290 valence electrons. The predicted octanol–water partition coefficient (Wildman–Crippen LogP) is 6.86. The molecule has 12 heteroatoms. The van der Waals surface area contributed by atoms with E-state index < -0.39 is 6.04 Å². The van der Waals surface area contributed by atoms with E-state index in [9.17, 15) is 19.5 Å². The van der Waals surface area contributed by atoms with Crippen LogP contribution < -0.4 is 19.5 Å². The highest BCUT2D eigenvalue weighted by molar-refractivity contribution is 7.22. The van der Waals surface area contributed by atoms with Gasteiger partial charge in [-0.25, -0.2) is 0 Å². The summed E-state index contributed by atoms with van der Waals surface area (Å²) in [7, 11) is 1.65. The van der Waals surface area contributed by atoms with Gasteiger partial charge in [-0.05, 0) is 122 Å². The number of piperazine rings is 1. The zero-order valence-electron chi connectivity index (χ0n) is 31.5. The second kappa shape index (κ2) is 16.7. The van der Waals surface area contributed by atoms with E-state index in [0.29, 0.717) is 30.9 Å². The number of hydrogen-bond acceptors (Lipinski definition) is 10. The number of phenols is 1. The minimum Gasteiger partial charge on any atom is -0.508 e. The first kappa shape index (κ1) is 37.5. The van der Waals surface area contributed by atoms with Crippen molar-refractivity contribution >= 4 is 39.1 Å². The molecule has 56 heavy (non-hydrogen) atoms. The Morgan fingerprint density at radius 1 is 0.821 bits per heavy atom. The number of imide groups is 1. The first-order valence-corrected chi connectivity index (χ1v) is 20.1. The van der Waals surface area contributed by atoms with Crippen LogP contribution in [0.3, 0.4) is 0 Å². The number of phenolic OH excluding ortho intramolecular Hbond substituents is 1. The lowest BCUT2D eigenvalue weighted by Crippen LogP contribution is -2.52. The van der Waals surface area contributed by atoms with Gasteiger partial charge in [-0.3, -0.25) is 24.6 Å². The first-order valence-electron chi connectivity index (χ1n) is 19.3. The van der Waals surface area contributed by atoms with E-state index in [1.807, 2.05) is 66.7 Å². The molecule has 3 aliphatic heterocycles. The molecule has 3 aliphatic rings. The number of piperidine rings is 1. The van der Waals surface area contributed by atoms with Crippen molar-refractivity contribution in [1.29, 1.82) is 0 Å². The molecule has 0 bridgehead atoms. The van der Waals surface area contributed by atoms with E-state index in [-0.39, 0.29) is 29.9 Å². The molecule has 0 spiro atoms. The van der Waals surface area contributed by atoms with Crippen LogP contribution in [0, 0.1) is 0 Å². The van der Waals surface area contributed by atoms with Gasteiger partial charge in [-0.1, -0.05) is 12.1 Å². The van der Waals surface area contributed by atoms with Crippen LogP contribution in [0.2, 0.25) is 0 Å². The summed E-state index contributed by atoms with van der Waals surface area (Å²) in [6.07, 6.45) is 3.76. The van der Waals surface area contributed by atoms with Gasteiger partial charge in [0.25, 0.3) is 5.91 Å². The van der Waals surface area contributed by atoms with Gasteiger partial charge < -0.3 is 29.1 Å². The third-order valence-electron chi connectivity index (χ3n) is 10.9. The van der Waals surface area contributed by atoms with Crippen molar-refractivity contribution in [3.05, 3.63) is 102 Å². The Hall–Kier alpha value is -5.43. The second-order valence-electron chi connectivity index (χ2n) is 14.6. The van der Waals surface area contributed by atoms with Gasteiger partial charge in [0.05, 0.1) is 12.0 Å². The second-order valence-corrected chi connectivity index (χ2v) is 15.7. The maximum atomic E-state index is 13.0. The normalized spacial score (nSPS) is 17.6. The summed E-state index contributed by atoms with van der Waals surface area (Å²) in [5.41, 5.74) is 3.86. The van der Waals surface area contributed by atoms with Crippen LogP contribution in [-0.4, -0.2) is 96.6 Å². The highest BCUT2D eigenvalue weighted by Crippen LogP contribution is 2.47. The maximum absolute atomic E-state index is 13.0. The maximum Gasteiger partial charge on any atom is 0.255 e. The predicted molar refractivity (Wildman–Crippen MR) is 216 cm³/mol. The highest BCUT2D eigenvalue weighted by Gasteiger charge is 2.39. The van der Waals surface area contributed by atoms with Crippen molar-refractivity contribution in [3.63, 3.8) is 0 Å². The number of unbranched alkanes of at least 4 members (excludes halogenated alkanes) is 1. The number of thiophene rings is 1. The molecule has 2 fully saturated rings. The monoisotopic (exact) mass is 774 g/mol. The van der Waals surface area contributed by atoms with Crippen LogP contribution in [0.5, 0.6) is 28.7 Å². The molecule has 8 rings (SSSR count). The molecule has 1 aromatic heterocycles. The fourth-order valence-corrected chi connectivity index (χ4v) is 8.96. The van der Waals surface area contributed by atoms with Crippen LogP contribution in [0.25, 0.3) is 20.5 Å². The summed E-state index contributed by atoms with van der Waals surface area (Å²) >= 11 is 1.58. The molecule has 4 aromatic carbocycles. The Kier molecular flexibility index (Phi) is 11.2. The number of nitrogens with one attached hydrogen (secondary N) is 1. The van der Waals surface area contributed by atoms with E-state index in [1.165, 1.54) is 5.56 Å². The number of carbonyl (C=O) groups is 3. The zero-order chi connectivity index (χ0) is 38.6. The molecule has 5 aromatic rings. The number of amides is 3. The Bertz CT molecular complexity index is 2210. The summed E-state index contributed by atoms with van der Waals surface area (Å²) in [5, 5.41) is 13.4. The van der Waals surface area contributed by atoms with Crippen molar-refractivity contribution in [2.75, 3.05) is 53.0 Å². The van der Waals surface area contributed by atoms with Gasteiger partial charge >= 0.3 is 0 Å². The molecule has 0 aliphatic carbocycles. The molecule has 2 N–H and O–H groups in total. The summed E-state index contributed by atoms with van der Waals surface area (Å²) in [4.78, 5) is 44.5. The Morgan fingerprint density at radius 3 is 2.30 bits per heavy atom. The average molecular weight is 775 g/mol. The Morgan fingerprint density at radius 2 is 1.55 bits per heavy atom. The van der Waals surface area contributed by atoms with Gasteiger partial charge in [0, 0.05) is 61.3 Å². The van der Waals surface area contributed by atoms with Gasteiger partial charge in [-0.15, -0.1) is 11.3 Å². The standard InChI is InChI=1S/C44H46N4O7S/c1-53-33-9-6-30(7-10-33)42-41(37-16-8-32(49)27-39(37)56-42)55-35-13-11-34(12-14-35)54-25-24-47-22-20-46(21-23-47)19-3-2-4-29-5-15-36-31(26-29)28-48(44(36)52)38-17-18-40(50)45-43(38)51/h5-16,26-27,38,49H,2-4,17-25,28H2,1H3,(H,45,50,51). The number of nitrogens with zero attached hydrogens (tertiary/aromatic N) is 3. The lowest BCUT2D eigenvalue weighted by Gasteiger charge is -2.34. The highest BCUT2D eigenvalue weighted by atomic mass is 32.1. The fraction of sp³-hybridized carbons (Fsp3) is 0.341. The van der Waals surface area contributed by atoms with E-state index in [0.717, 1.165) is 102 Å². The van der Waals surface area contributed by atoms with Crippen molar-refractivity contribution in [2.45, 2.75) is 44.7 Å².